The summed E-state index contributed by atoms with van der Waals surface area (Å²) in [5.74, 6) is -3.18. The van der Waals surface area contributed by atoms with Gasteiger partial charge in [-0.25, -0.2) is 4.79 Å². The molecule has 0 bridgehead atoms. The molecule has 0 saturated carbocycles. The van der Waals surface area contributed by atoms with Crippen molar-refractivity contribution < 1.29 is 24.6 Å². The maximum Gasteiger partial charge on any atom is 0.327 e. The quantitative estimate of drug-likeness (QED) is 0.692. The first-order valence-corrected chi connectivity index (χ1v) is 8.39. The number of nitrogens with one attached hydrogen (secondary N) is 1. The van der Waals surface area contributed by atoms with E-state index in [4.69, 9.17) is 0 Å². The van der Waals surface area contributed by atoms with E-state index in [-0.39, 0.29) is 0 Å². The number of thioether (sulfide) groups is 1. The molecule has 128 valence electrons. The van der Waals surface area contributed by atoms with Gasteiger partial charge in [-0.15, -0.1) is 11.8 Å². The van der Waals surface area contributed by atoms with Crippen LogP contribution >= 0.6 is 11.8 Å². The van der Waals surface area contributed by atoms with Crippen LogP contribution in [0, 0.1) is 5.92 Å². The van der Waals surface area contributed by atoms with Crippen LogP contribution in [0.3, 0.4) is 0 Å². The number of carbonyl (C=O) groups is 3. The van der Waals surface area contributed by atoms with E-state index in [1.165, 1.54) is 16.7 Å². The topological polar surface area (TPSA) is 107 Å². The molecule has 8 heteroatoms. The molecule has 7 nitrogen and oxygen atoms in total. The first-order valence-electron chi connectivity index (χ1n) is 7.51. The van der Waals surface area contributed by atoms with Crippen LogP contribution in [0.1, 0.15) is 13.8 Å². The van der Waals surface area contributed by atoms with Gasteiger partial charge in [-0.2, -0.15) is 0 Å². The number of carbonyl (C=O) groups excluding carboxylic acids is 2. The van der Waals surface area contributed by atoms with Crippen molar-refractivity contribution in [3.63, 3.8) is 0 Å². The summed E-state index contributed by atoms with van der Waals surface area (Å²) in [5.41, 5.74) is 0.521. The lowest BCUT2D eigenvalue weighted by Crippen LogP contribution is -2.66. The summed E-state index contributed by atoms with van der Waals surface area (Å²) in [5, 5.41) is 21.7. The van der Waals surface area contributed by atoms with Crippen LogP contribution in [0.25, 0.3) is 0 Å². The van der Waals surface area contributed by atoms with Gasteiger partial charge in [-0.3, -0.25) is 9.59 Å². The first kappa shape index (κ1) is 16.8. The van der Waals surface area contributed by atoms with Gasteiger partial charge in [-0.1, -0.05) is 18.2 Å². The van der Waals surface area contributed by atoms with Gasteiger partial charge in [0.05, 0.1) is 5.37 Å². The second-order valence-electron chi connectivity index (χ2n) is 6.42. The zero-order chi connectivity index (χ0) is 17.6. The fraction of sp³-hybridized carbons (Fsp3) is 0.438. The highest BCUT2D eigenvalue weighted by Crippen LogP contribution is 2.54. The molecule has 24 heavy (non-hydrogen) atoms. The maximum atomic E-state index is 12.4. The summed E-state index contributed by atoms with van der Waals surface area (Å²) in [6, 6.07) is 7.67. The summed E-state index contributed by atoms with van der Waals surface area (Å²) in [6.07, 6.45) is -1.52. The molecule has 2 amide bonds. The highest BCUT2D eigenvalue weighted by molar-refractivity contribution is 8.01. The minimum atomic E-state index is -1.52. The largest absolute Gasteiger partial charge is 0.480 e. The number of aliphatic hydroxyl groups is 1. The van der Waals surface area contributed by atoms with Gasteiger partial charge >= 0.3 is 5.97 Å². The number of aliphatic carboxylic acids is 1. The average Bonchev–Trinajstić information content (AvgIpc) is 2.76. The number of para-hydroxylation sites is 1. The van der Waals surface area contributed by atoms with Crippen LogP contribution in [-0.2, 0) is 14.4 Å². The summed E-state index contributed by atoms with van der Waals surface area (Å²) < 4.78 is -0.684. The molecular formula is C16H18N2O5S. The predicted molar refractivity (Wildman–Crippen MR) is 88.3 cm³/mol. The van der Waals surface area contributed by atoms with Crippen LogP contribution in [0.4, 0.5) is 5.69 Å². The normalized spacial score (nSPS) is 28.7. The summed E-state index contributed by atoms with van der Waals surface area (Å²) in [4.78, 5) is 37.3. The standard InChI is InChI=1S/C16H18N2O5S/c1-16(2)11(15(22)23)18-13(21)9(14(18)24-16)10(19)12(20)17-8-6-4-3-5-7-8/h3-7,9-11,14,19H,1-2H3,(H,17,20)(H,22,23)/t9-,10+,11+,14-/m1/s1. The molecule has 0 radical (unpaired) electrons. The highest BCUT2D eigenvalue weighted by atomic mass is 32.2. The zero-order valence-corrected chi connectivity index (χ0v) is 14.0. The Balaban J connectivity index is 1.74. The number of aliphatic hydroxyl groups excluding tert-OH is 1. The summed E-state index contributed by atoms with van der Waals surface area (Å²) >= 11 is 1.30. The van der Waals surface area contributed by atoms with E-state index in [0.717, 1.165) is 0 Å². The van der Waals surface area contributed by atoms with Gasteiger partial charge in [0, 0.05) is 10.4 Å². The fourth-order valence-electron chi connectivity index (χ4n) is 3.23. The number of hydrogen-bond acceptors (Lipinski definition) is 5. The molecule has 0 aliphatic carbocycles. The molecule has 0 aromatic heterocycles. The first-order chi connectivity index (χ1) is 11.2. The van der Waals surface area contributed by atoms with Crippen LogP contribution in [0.2, 0.25) is 0 Å². The minimum Gasteiger partial charge on any atom is -0.480 e. The smallest absolute Gasteiger partial charge is 0.327 e. The van der Waals surface area contributed by atoms with Gasteiger partial charge < -0.3 is 20.4 Å². The number of fused-ring (bicyclic) bond motifs is 1. The molecule has 0 spiro atoms. The van der Waals surface area contributed by atoms with E-state index < -0.39 is 46.0 Å². The second kappa shape index (κ2) is 5.78. The number of hydrogen-bond donors (Lipinski definition) is 3. The number of β-lactam (4-membered cyclic amide) rings is 1. The van der Waals surface area contributed by atoms with Crippen molar-refractivity contribution in [3.05, 3.63) is 30.3 Å². The van der Waals surface area contributed by atoms with Gasteiger partial charge in [0.15, 0.2) is 0 Å². The van der Waals surface area contributed by atoms with E-state index in [2.05, 4.69) is 5.32 Å². The molecule has 4 atom stereocenters. The molecule has 1 aromatic carbocycles. The van der Waals surface area contributed by atoms with E-state index in [1.54, 1.807) is 44.2 Å². The van der Waals surface area contributed by atoms with Gasteiger partial charge in [0.1, 0.15) is 18.1 Å². The maximum absolute atomic E-state index is 12.4. The third kappa shape index (κ3) is 2.55. The van der Waals surface area contributed by atoms with Crippen molar-refractivity contribution in [2.24, 2.45) is 5.92 Å². The molecule has 2 fully saturated rings. The molecule has 0 unspecified atom stereocenters. The molecule has 2 saturated heterocycles. The van der Waals surface area contributed by atoms with Crippen molar-refractivity contribution in [1.29, 1.82) is 0 Å². The molecular weight excluding hydrogens is 332 g/mol. The Morgan fingerprint density at radius 3 is 2.50 bits per heavy atom. The number of nitrogens with zero attached hydrogens (tertiary/aromatic N) is 1. The third-order valence-corrected chi connectivity index (χ3v) is 5.96. The number of amides is 2. The van der Waals surface area contributed by atoms with Crippen molar-refractivity contribution in [3.8, 4) is 0 Å². The fourth-order valence-corrected chi connectivity index (χ4v) is 4.95. The third-order valence-electron chi connectivity index (χ3n) is 4.37. The monoisotopic (exact) mass is 350 g/mol. The molecule has 3 rings (SSSR count). The lowest BCUT2D eigenvalue weighted by molar-refractivity contribution is -0.170. The van der Waals surface area contributed by atoms with Crippen molar-refractivity contribution >= 4 is 35.2 Å². The lowest BCUT2D eigenvalue weighted by Gasteiger charge is -2.44. The van der Waals surface area contributed by atoms with Gasteiger partial charge in [-0.05, 0) is 26.0 Å². The Morgan fingerprint density at radius 2 is 1.92 bits per heavy atom. The summed E-state index contributed by atoms with van der Waals surface area (Å²) in [7, 11) is 0. The minimum absolute atomic E-state index is 0.499. The van der Waals surface area contributed by atoms with E-state index in [9.17, 15) is 24.6 Å². The SMILES string of the molecule is CC1(C)S[C@@H]2[C@H]([C@H](O)C(=O)Nc3ccccc3)C(=O)N2[C@H]1C(=O)O. The predicted octanol–water partition coefficient (Wildman–Crippen LogP) is 0.749. The Bertz CT molecular complexity index is 693. The van der Waals surface area contributed by atoms with Gasteiger partial charge in [0.2, 0.25) is 5.91 Å². The Labute approximate surface area is 143 Å². The number of benzene rings is 1. The summed E-state index contributed by atoms with van der Waals surface area (Å²) in [6.45, 7) is 3.49. The van der Waals surface area contributed by atoms with E-state index in [0.29, 0.717) is 5.69 Å². The van der Waals surface area contributed by atoms with Gasteiger partial charge in [0.25, 0.3) is 5.91 Å². The number of rotatable bonds is 4. The van der Waals surface area contributed by atoms with E-state index in [1.807, 2.05) is 0 Å². The molecule has 1 aromatic rings. The van der Waals surface area contributed by atoms with Crippen LogP contribution < -0.4 is 5.32 Å². The molecule has 2 heterocycles. The zero-order valence-electron chi connectivity index (χ0n) is 13.2. The highest BCUT2D eigenvalue weighted by Gasteiger charge is 2.66. The average molecular weight is 350 g/mol. The van der Waals surface area contributed by atoms with Crippen LogP contribution in [0.15, 0.2) is 30.3 Å². The van der Waals surface area contributed by atoms with Crippen molar-refractivity contribution in [2.75, 3.05) is 5.32 Å². The molecule has 2 aliphatic rings. The number of carboxylic acid groups (broad SMARTS) is 1. The number of carboxylic acids is 1. The van der Waals surface area contributed by atoms with Crippen molar-refractivity contribution in [2.45, 2.75) is 36.1 Å². The van der Waals surface area contributed by atoms with E-state index >= 15 is 0 Å². The number of anilines is 1. The van der Waals surface area contributed by atoms with Crippen LogP contribution in [0.5, 0.6) is 0 Å². The molecule has 3 N–H and O–H groups in total. The van der Waals surface area contributed by atoms with Crippen molar-refractivity contribution in [1.82, 2.24) is 4.90 Å². The Morgan fingerprint density at radius 1 is 1.29 bits per heavy atom. The lowest BCUT2D eigenvalue weighted by atomic mass is 9.87. The van der Waals surface area contributed by atoms with Crippen LogP contribution in [-0.4, -0.2) is 55.2 Å². The Hall–Kier alpha value is -2.06. The molecule has 2 aliphatic heterocycles. The Kier molecular flexibility index (Phi) is 4.05. The second-order valence-corrected chi connectivity index (χ2v) is 8.19.